The monoisotopic (exact) mass is 413 g/mol. The predicted molar refractivity (Wildman–Crippen MR) is 99.9 cm³/mol. The van der Waals surface area contributed by atoms with Gasteiger partial charge in [0.05, 0.1) is 35.6 Å². The molecule has 1 aromatic heterocycles. The van der Waals surface area contributed by atoms with E-state index in [9.17, 15) is 18.0 Å². The number of amides is 1. The molecule has 1 aliphatic heterocycles. The van der Waals surface area contributed by atoms with Crippen molar-refractivity contribution in [3.05, 3.63) is 47.0 Å². The fraction of sp³-hybridized carbons (Fsp3) is 0.389. The van der Waals surface area contributed by atoms with Gasteiger partial charge in [-0.05, 0) is 24.1 Å². The second-order valence-electron chi connectivity index (χ2n) is 6.88. The molecule has 3 N–H and O–H groups in total. The average molecular weight is 414 g/mol. The number of nitrogens with two attached hydrogens (primary N) is 1. The van der Waals surface area contributed by atoms with Gasteiger partial charge in [0.2, 0.25) is 5.95 Å². The van der Waals surface area contributed by atoms with Gasteiger partial charge in [0, 0.05) is 18.7 Å². The molecule has 0 bridgehead atoms. The van der Waals surface area contributed by atoms with E-state index in [-0.39, 0.29) is 30.2 Å². The van der Waals surface area contributed by atoms with Gasteiger partial charge in [-0.3, -0.25) is 4.79 Å². The van der Waals surface area contributed by atoms with Crippen LogP contribution in [-0.4, -0.2) is 45.8 Å². The van der Waals surface area contributed by atoms with Crippen LogP contribution in [-0.2, 0) is 0 Å². The number of likely N-dealkylation sites (tertiary alicyclic amines) is 1. The molecule has 1 saturated heterocycles. The highest BCUT2D eigenvalue weighted by Gasteiger charge is 2.46. The molecule has 6 nitrogen and oxygen atoms in total. The van der Waals surface area contributed by atoms with Gasteiger partial charge in [0.25, 0.3) is 11.8 Å². The summed E-state index contributed by atoms with van der Waals surface area (Å²) >= 11 is 5.74. The molecule has 1 amide bonds. The number of nitrogen functional groups attached to an aromatic ring is 1. The second-order valence-corrected chi connectivity index (χ2v) is 7.31. The molecular formula is C18H19ClF3N5O. The molecule has 0 aliphatic carbocycles. The van der Waals surface area contributed by atoms with Crippen molar-refractivity contribution < 1.29 is 18.0 Å². The number of aromatic nitrogens is 2. The van der Waals surface area contributed by atoms with E-state index in [1.54, 1.807) is 6.92 Å². The van der Waals surface area contributed by atoms with E-state index in [0.29, 0.717) is 5.02 Å². The minimum absolute atomic E-state index is 0.0284. The number of alkyl halides is 2. The Balaban J connectivity index is 1.85. The van der Waals surface area contributed by atoms with Crippen molar-refractivity contribution >= 4 is 29.1 Å². The molecule has 2 aromatic rings. The number of hydrogen-bond donors (Lipinski definition) is 2. The number of rotatable bonds is 4. The van der Waals surface area contributed by atoms with Crippen LogP contribution in [0.15, 0.2) is 30.6 Å². The summed E-state index contributed by atoms with van der Waals surface area (Å²) in [5.74, 6) is -4.73. The van der Waals surface area contributed by atoms with Crippen LogP contribution < -0.4 is 11.1 Å². The van der Waals surface area contributed by atoms with Crippen LogP contribution in [0.1, 0.15) is 23.7 Å². The van der Waals surface area contributed by atoms with Crippen LogP contribution in [0.5, 0.6) is 0 Å². The zero-order valence-corrected chi connectivity index (χ0v) is 15.8. The number of carbonyl (C=O) groups is 1. The Morgan fingerprint density at radius 3 is 2.75 bits per heavy atom. The molecule has 2 unspecified atom stereocenters. The molecule has 0 radical (unpaired) electrons. The van der Waals surface area contributed by atoms with E-state index in [1.165, 1.54) is 18.5 Å². The molecule has 10 heteroatoms. The van der Waals surface area contributed by atoms with Crippen LogP contribution >= 0.6 is 11.6 Å². The Hall–Kier alpha value is -2.55. The van der Waals surface area contributed by atoms with Crippen molar-refractivity contribution in [2.45, 2.75) is 25.3 Å². The van der Waals surface area contributed by atoms with Crippen molar-refractivity contribution in [1.29, 1.82) is 0 Å². The maximum Gasteiger partial charge on any atom is 0.265 e. The van der Waals surface area contributed by atoms with Gasteiger partial charge < -0.3 is 16.0 Å². The van der Waals surface area contributed by atoms with Gasteiger partial charge in [-0.1, -0.05) is 18.5 Å². The van der Waals surface area contributed by atoms with Gasteiger partial charge in [-0.15, -0.1) is 0 Å². The number of carbonyl (C=O) groups excluding carboxylic acids is 1. The molecule has 2 atom stereocenters. The van der Waals surface area contributed by atoms with Crippen molar-refractivity contribution in [1.82, 2.24) is 14.9 Å². The lowest BCUT2D eigenvalue weighted by atomic mass is 9.87. The average Bonchev–Trinajstić information content (AvgIpc) is 2.62. The van der Waals surface area contributed by atoms with Gasteiger partial charge >= 0.3 is 0 Å². The van der Waals surface area contributed by atoms with Crippen molar-refractivity contribution in [2.75, 3.05) is 24.1 Å². The fourth-order valence-corrected chi connectivity index (χ4v) is 3.44. The Bertz CT molecular complexity index is 865. The Kier molecular flexibility index (Phi) is 5.64. The van der Waals surface area contributed by atoms with Gasteiger partial charge in [-0.25, -0.2) is 23.1 Å². The summed E-state index contributed by atoms with van der Waals surface area (Å²) in [6, 6.07) is 2.72. The number of hydrogen-bond acceptors (Lipinski definition) is 5. The van der Waals surface area contributed by atoms with Crippen LogP contribution in [0.3, 0.4) is 0 Å². The van der Waals surface area contributed by atoms with E-state index in [2.05, 4.69) is 15.3 Å². The maximum atomic E-state index is 14.2. The quantitative estimate of drug-likeness (QED) is 0.750. The Morgan fingerprint density at radius 2 is 2.07 bits per heavy atom. The number of nitrogens with one attached hydrogen (secondary N) is 1. The highest BCUT2D eigenvalue weighted by atomic mass is 35.5. The van der Waals surface area contributed by atoms with Gasteiger partial charge in [0.1, 0.15) is 5.82 Å². The summed E-state index contributed by atoms with van der Waals surface area (Å²) in [5.41, 5.74) is 5.66. The Labute approximate surface area is 164 Å². The second kappa shape index (κ2) is 7.83. The largest absolute Gasteiger partial charge is 0.398 e. The normalized spacial score (nSPS) is 21.4. The standard InChI is InChI=1S/C18H19ClF3N5O/c1-10-5-18(21,22)9-27(16(28)13-4-12(20)2-3-14(13)23)15(10)8-26-17-24-6-11(19)7-25-17/h2-4,6-7,10,15H,5,8-9,23H2,1H3,(H,24,25,26). The molecule has 28 heavy (non-hydrogen) atoms. The Morgan fingerprint density at radius 1 is 1.39 bits per heavy atom. The summed E-state index contributed by atoms with van der Waals surface area (Å²) in [6.07, 6.45) is 2.42. The van der Waals surface area contributed by atoms with E-state index in [1.807, 2.05) is 0 Å². The molecule has 0 saturated carbocycles. The summed E-state index contributed by atoms with van der Waals surface area (Å²) in [7, 11) is 0. The van der Waals surface area contributed by atoms with Crippen LogP contribution in [0.25, 0.3) is 0 Å². The first kappa shape index (κ1) is 20.2. The maximum absolute atomic E-state index is 14.2. The highest BCUT2D eigenvalue weighted by molar-refractivity contribution is 6.30. The lowest BCUT2D eigenvalue weighted by Crippen LogP contribution is -2.57. The molecule has 3 rings (SSSR count). The first-order valence-electron chi connectivity index (χ1n) is 8.61. The number of nitrogens with zero attached hydrogens (tertiary/aromatic N) is 3. The molecule has 1 aliphatic rings. The minimum atomic E-state index is -3.05. The smallest absolute Gasteiger partial charge is 0.265 e. The van der Waals surface area contributed by atoms with Crippen molar-refractivity contribution in [3.8, 4) is 0 Å². The zero-order valence-electron chi connectivity index (χ0n) is 15.0. The van der Waals surface area contributed by atoms with Gasteiger partial charge in [-0.2, -0.15) is 0 Å². The van der Waals surface area contributed by atoms with Crippen LogP contribution in [0.4, 0.5) is 24.8 Å². The lowest BCUT2D eigenvalue weighted by Gasteiger charge is -2.43. The molecular weight excluding hydrogens is 395 g/mol. The minimum Gasteiger partial charge on any atom is -0.398 e. The summed E-state index contributed by atoms with van der Waals surface area (Å²) in [4.78, 5) is 22.0. The first-order valence-corrected chi connectivity index (χ1v) is 8.99. The van der Waals surface area contributed by atoms with Crippen molar-refractivity contribution in [3.63, 3.8) is 0 Å². The van der Waals surface area contributed by atoms with E-state index in [0.717, 1.165) is 17.0 Å². The first-order chi connectivity index (χ1) is 13.2. The third-order valence-electron chi connectivity index (χ3n) is 4.68. The molecule has 2 heterocycles. The van der Waals surface area contributed by atoms with Crippen molar-refractivity contribution in [2.24, 2.45) is 5.92 Å². The summed E-state index contributed by atoms with van der Waals surface area (Å²) in [6.45, 7) is 0.997. The fourth-order valence-electron chi connectivity index (χ4n) is 3.35. The molecule has 1 aromatic carbocycles. The van der Waals surface area contributed by atoms with E-state index >= 15 is 0 Å². The number of halogens is 4. The van der Waals surface area contributed by atoms with E-state index in [4.69, 9.17) is 17.3 Å². The highest BCUT2D eigenvalue weighted by Crippen LogP contribution is 2.35. The van der Waals surface area contributed by atoms with Gasteiger partial charge in [0.15, 0.2) is 0 Å². The SMILES string of the molecule is CC1CC(F)(F)CN(C(=O)c2cc(F)ccc2N)C1CNc1ncc(Cl)cn1. The number of piperidine rings is 1. The van der Waals surface area contributed by atoms with Crippen LogP contribution in [0, 0.1) is 11.7 Å². The summed E-state index contributed by atoms with van der Waals surface area (Å²) < 4.78 is 42.0. The third-order valence-corrected chi connectivity index (χ3v) is 4.87. The number of benzene rings is 1. The third kappa shape index (κ3) is 4.46. The molecule has 1 fully saturated rings. The summed E-state index contributed by atoms with van der Waals surface area (Å²) in [5, 5.41) is 3.29. The number of anilines is 2. The molecule has 0 spiro atoms. The lowest BCUT2D eigenvalue weighted by molar-refractivity contribution is -0.0897. The molecule has 150 valence electrons. The topological polar surface area (TPSA) is 84.1 Å². The van der Waals surface area contributed by atoms with Crippen LogP contribution in [0.2, 0.25) is 5.02 Å². The predicted octanol–water partition coefficient (Wildman–Crippen LogP) is 3.45. The zero-order chi connectivity index (χ0) is 20.5. The van der Waals surface area contributed by atoms with E-state index < -0.39 is 36.2 Å².